The van der Waals surface area contributed by atoms with E-state index in [-0.39, 0.29) is 0 Å². The van der Waals surface area contributed by atoms with Crippen molar-refractivity contribution in [2.75, 3.05) is 5.32 Å². The smallest absolute Gasteiger partial charge is 0.343 e. The molecule has 0 aliphatic carbocycles. The highest BCUT2D eigenvalue weighted by atomic mass is 16.5. The van der Waals surface area contributed by atoms with Crippen LogP contribution < -0.4 is 10.1 Å². The third kappa shape index (κ3) is 3.27. The molecule has 0 atom stereocenters. The van der Waals surface area contributed by atoms with Crippen molar-refractivity contribution in [2.45, 2.75) is 0 Å². The van der Waals surface area contributed by atoms with Gasteiger partial charge in [0, 0.05) is 12.4 Å². The molecule has 0 fully saturated rings. The maximum atomic E-state index is 12.1. The number of carbonyl (C=O) groups is 1. The van der Waals surface area contributed by atoms with Gasteiger partial charge in [0.05, 0.1) is 11.3 Å². The third-order valence-corrected chi connectivity index (χ3v) is 2.91. The standard InChI is InChI=1S/C17H13N3O2/c21-16(13-7-2-1-3-8-13)22-15-10-5-4-9-14(15)20-17-18-11-6-12-19-17/h1-12H,(H,18,19,20). The van der Waals surface area contributed by atoms with Crippen LogP contribution in [0.5, 0.6) is 5.75 Å². The summed E-state index contributed by atoms with van der Waals surface area (Å²) in [5, 5.41) is 3.03. The van der Waals surface area contributed by atoms with E-state index >= 15 is 0 Å². The van der Waals surface area contributed by atoms with Crippen molar-refractivity contribution in [1.82, 2.24) is 9.97 Å². The first-order chi connectivity index (χ1) is 10.8. The van der Waals surface area contributed by atoms with E-state index in [1.54, 1.807) is 60.9 Å². The molecule has 3 rings (SSSR count). The molecule has 0 unspecified atom stereocenters. The number of rotatable bonds is 4. The summed E-state index contributed by atoms with van der Waals surface area (Å²) in [5.74, 6) is 0.443. The molecule has 5 heteroatoms. The van der Waals surface area contributed by atoms with Gasteiger partial charge in [0.2, 0.25) is 5.95 Å². The van der Waals surface area contributed by atoms with Crippen LogP contribution in [0.2, 0.25) is 0 Å². The average Bonchev–Trinajstić information content (AvgIpc) is 2.58. The van der Waals surface area contributed by atoms with Gasteiger partial charge >= 0.3 is 5.97 Å². The largest absolute Gasteiger partial charge is 0.421 e. The van der Waals surface area contributed by atoms with Crippen molar-refractivity contribution < 1.29 is 9.53 Å². The molecule has 0 saturated carbocycles. The number of benzene rings is 2. The second kappa shape index (κ2) is 6.49. The van der Waals surface area contributed by atoms with E-state index in [0.717, 1.165) is 0 Å². The lowest BCUT2D eigenvalue weighted by Crippen LogP contribution is -2.09. The number of para-hydroxylation sites is 2. The lowest BCUT2D eigenvalue weighted by molar-refractivity contribution is 0.0736. The van der Waals surface area contributed by atoms with Gasteiger partial charge < -0.3 is 10.1 Å². The number of carbonyl (C=O) groups excluding carboxylic acids is 1. The van der Waals surface area contributed by atoms with Crippen molar-refractivity contribution in [2.24, 2.45) is 0 Å². The molecule has 0 spiro atoms. The van der Waals surface area contributed by atoms with E-state index in [0.29, 0.717) is 22.9 Å². The van der Waals surface area contributed by atoms with Gasteiger partial charge in [-0.05, 0) is 30.3 Å². The number of nitrogens with zero attached hydrogens (tertiary/aromatic N) is 2. The number of hydrogen-bond acceptors (Lipinski definition) is 5. The van der Waals surface area contributed by atoms with E-state index in [1.807, 2.05) is 12.1 Å². The minimum atomic E-state index is -0.413. The zero-order valence-electron chi connectivity index (χ0n) is 11.6. The SMILES string of the molecule is O=C(Oc1ccccc1Nc1ncccn1)c1ccccc1. The normalized spacial score (nSPS) is 10.0. The Morgan fingerprint density at radius 1 is 0.864 bits per heavy atom. The quantitative estimate of drug-likeness (QED) is 0.589. The molecule has 1 aromatic heterocycles. The van der Waals surface area contributed by atoms with Crippen LogP contribution in [-0.4, -0.2) is 15.9 Å². The maximum Gasteiger partial charge on any atom is 0.343 e. The topological polar surface area (TPSA) is 64.1 Å². The molecule has 0 amide bonds. The minimum Gasteiger partial charge on any atom is -0.421 e. The van der Waals surface area contributed by atoms with Crippen LogP contribution in [0.25, 0.3) is 0 Å². The number of anilines is 2. The highest BCUT2D eigenvalue weighted by molar-refractivity contribution is 5.91. The van der Waals surface area contributed by atoms with Gasteiger partial charge in [-0.2, -0.15) is 0 Å². The minimum absolute atomic E-state index is 0.413. The number of hydrogen-bond donors (Lipinski definition) is 1. The second-order valence-electron chi connectivity index (χ2n) is 4.45. The molecular weight excluding hydrogens is 278 g/mol. The van der Waals surface area contributed by atoms with Gasteiger partial charge in [-0.25, -0.2) is 14.8 Å². The fraction of sp³-hybridized carbons (Fsp3) is 0. The monoisotopic (exact) mass is 291 g/mol. The molecule has 0 aliphatic heterocycles. The zero-order valence-corrected chi connectivity index (χ0v) is 11.6. The van der Waals surface area contributed by atoms with Crippen molar-refractivity contribution >= 4 is 17.6 Å². The van der Waals surface area contributed by atoms with Gasteiger partial charge in [0.1, 0.15) is 0 Å². The summed E-state index contributed by atoms with van der Waals surface area (Å²) in [7, 11) is 0. The zero-order chi connectivity index (χ0) is 15.2. The second-order valence-corrected chi connectivity index (χ2v) is 4.45. The molecule has 1 N–H and O–H groups in total. The van der Waals surface area contributed by atoms with Crippen LogP contribution in [0.15, 0.2) is 73.1 Å². The first kappa shape index (κ1) is 13.8. The fourth-order valence-corrected chi connectivity index (χ4v) is 1.88. The highest BCUT2D eigenvalue weighted by Gasteiger charge is 2.11. The first-order valence-electron chi connectivity index (χ1n) is 6.73. The Morgan fingerprint density at radius 3 is 2.32 bits per heavy atom. The van der Waals surface area contributed by atoms with E-state index in [2.05, 4.69) is 15.3 Å². The van der Waals surface area contributed by atoms with Gasteiger partial charge in [-0.15, -0.1) is 0 Å². The number of nitrogens with one attached hydrogen (secondary N) is 1. The van der Waals surface area contributed by atoms with Crippen molar-refractivity contribution in [1.29, 1.82) is 0 Å². The number of aromatic nitrogens is 2. The summed E-state index contributed by atoms with van der Waals surface area (Å²) in [6.45, 7) is 0. The molecule has 2 aromatic carbocycles. The molecule has 0 bridgehead atoms. The van der Waals surface area contributed by atoms with Crippen LogP contribution in [0.3, 0.4) is 0 Å². The van der Waals surface area contributed by atoms with E-state index in [9.17, 15) is 4.79 Å². The summed E-state index contributed by atoms with van der Waals surface area (Å²) >= 11 is 0. The van der Waals surface area contributed by atoms with Gasteiger partial charge in [-0.3, -0.25) is 0 Å². The number of ether oxygens (including phenoxy) is 1. The van der Waals surface area contributed by atoms with E-state index < -0.39 is 5.97 Å². The van der Waals surface area contributed by atoms with Crippen LogP contribution in [0, 0.1) is 0 Å². The molecule has 1 heterocycles. The van der Waals surface area contributed by atoms with Crippen molar-refractivity contribution in [3.05, 3.63) is 78.6 Å². The summed E-state index contributed by atoms with van der Waals surface area (Å²) in [6.07, 6.45) is 3.27. The molecular formula is C17H13N3O2. The van der Waals surface area contributed by atoms with Crippen LogP contribution in [0.4, 0.5) is 11.6 Å². The Morgan fingerprint density at radius 2 is 1.55 bits per heavy atom. The molecule has 5 nitrogen and oxygen atoms in total. The summed E-state index contributed by atoms with van der Waals surface area (Å²) in [4.78, 5) is 20.3. The van der Waals surface area contributed by atoms with Gasteiger partial charge in [-0.1, -0.05) is 30.3 Å². The lowest BCUT2D eigenvalue weighted by Gasteiger charge is -2.10. The Labute approximate surface area is 127 Å². The Bertz CT molecular complexity index is 761. The maximum absolute atomic E-state index is 12.1. The average molecular weight is 291 g/mol. The molecule has 0 radical (unpaired) electrons. The molecule has 108 valence electrons. The summed E-state index contributed by atoms with van der Waals surface area (Å²) in [5.41, 5.74) is 1.12. The predicted molar refractivity (Wildman–Crippen MR) is 83.2 cm³/mol. The van der Waals surface area contributed by atoms with Gasteiger partial charge in [0.25, 0.3) is 0 Å². The van der Waals surface area contributed by atoms with Crippen LogP contribution >= 0.6 is 0 Å². The number of esters is 1. The molecule has 0 saturated heterocycles. The molecule has 3 aromatic rings. The van der Waals surface area contributed by atoms with E-state index in [1.165, 1.54) is 0 Å². The lowest BCUT2D eigenvalue weighted by atomic mass is 10.2. The van der Waals surface area contributed by atoms with Gasteiger partial charge in [0.15, 0.2) is 5.75 Å². The predicted octanol–water partition coefficient (Wildman–Crippen LogP) is 3.44. The summed E-state index contributed by atoms with van der Waals surface area (Å²) in [6, 6.07) is 17.7. The van der Waals surface area contributed by atoms with E-state index in [4.69, 9.17) is 4.74 Å². The molecule has 0 aliphatic rings. The summed E-state index contributed by atoms with van der Waals surface area (Å²) < 4.78 is 5.45. The highest BCUT2D eigenvalue weighted by Crippen LogP contribution is 2.26. The Balaban J connectivity index is 1.81. The van der Waals surface area contributed by atoms with Crippen LogP contribution in [0.1, 0.15) is 10.4 Å². The molecule has 22 heavy (non-hydrogen) atoms. The Hall–Kier alpha value is -3.21. The van der Waals surface area contributed by atoms with Crippen molar-refractivity contribution in [3.8, 4) is 5.75 Å². The van der Waals surface area contributed by atoms with Crippen molar-refractivity contribution in [3.63, 3.8) is 0 Å². The third-order valence-electron chi connectivity index (χ3n) is 2.91. The first-order valence-corrected chi connectivity index (χ1v) is 6.73. The van der Waals surface area contributed by atoms with Crippen LogP contribution in [-0.2, 0) is 0 Å². The fourth-order valence-electron chi connectivity index (χ4n) is 1.88. The Kier molecular flexibility index (Phi) is 4.06.